The van der Waals surface area contributed by atoms with Gasteiger partial charge in [-0.3, -0.25) is 9.20 Å². The van der Waals surface area contributed by atoms with Crippen molar-refractivity contribution in [3.8, 4) is 0 Å². The van der Waals surface area contributed by atoms with Crippen molar-refractivity contribution >= 4 is 34.5 Å². The number of H-pyrrole nitrogens is 1. The molecule has 24 heavy (non-hydrogen) atoms. The van der Waals surface area contributed by atoms with Crippen LogP contribution in [0.2, 0.25) is 0 Å². The van der Waals surface area contributed by atoms with Gasteiger partial charge in [-0.05, 0) is 30.4 Å². The zero-order chi connectivity index (χ0) is 16.7. The number of likely N-dealkylation sites (tertiary alicyclic amines) is 1. The number of aromatic amines is 1. The Morgan fingerprint density at radius 3 is 2.83 bits per heavy atom. The molecule has 0 spiro atoms. The number of carbonyl (C=O) groups is 1. The second-order valence-corrected chi connectivity index (χ2v) is 7.74. The average molecular weight is 343 g/mol. The van der Waals surface area contributed by atoms with Crippen molar-refractivity contribution in [2.75, 3.05) is 18.8 Å². The number of para-hydroxylation sites is 2. The molecule has 2 atom stereocenters. The first kappa shape index (κ1) is 15.5. The second kappa shape index (κ2) is 6.12. The number of piperidine rings is 1. The number of aromatic nitrogens is 4. The van der Waals surface area contributed by atoms with E-state index in [9.17, 15) is 4.79 Å². The van der Waals surface area contributed by atoms with Gasteiger partial charge in [0.1, 0.15) is 0 Å². The van der Waals surface area contributed by atoms with Crippen LogP contribution < -0.4 is 0 Å². The van der Waals surface area contributed by atoms with Crippen LogP contribution in [0.15, 0.2) is 29.4 Å². The molecule has 1 saturated heterocycles. The van der Waals surface area contributed by atoms with Gasteiger partial charge in [0, 0.05) is 13.1 Å². The van der Waals surface area contributed by atoms with Crippen LogP contribution in [0.4, 0.5) is 0 Å². The van der Waals surface area contributed by atoms with E-state index in [1.807, 2.05) is 33.6 Å². The fourth-order valence-electron chi connectivity index (χ4n) is 3.62. The van der Waals surface area contributed by atoms with Crippen LogP contribution in [0.3, 0.4) is 0 Å². The van der Waals surface area contributed by atoms with Gasteiger partial charge < -0.3 is 4.90 Å². The first-order valence-electron chi connectivity index (χ1n) is 8.34. The third kappa shape index (κ3) is 2.77. The molecule has 1 aliphatic rings. The summed E-state index contributed by atoms with van der Waals surface area (Å²) in [7, 11) is 0. The standard InChI is InChI=1S/C17H21N5OS/c1-11-7-12(2)9-21(8-11)15(23)10-24-17-20-19-16-18-13-5-3-4-6-14(13)22(16)17/h3-6,11-12H,7-10H2,1-2H3,(H,18,19)/t11-,12+. The van der Waals surface area contributed by atoms with Crippen molar-refractivity contribution in [3.63, 3.8) is 0 Å². The molecule has 0 unspecified atom stereocenters. The maximum atomic E-state index is 12.6. The highest BCUT2D eigenvalue weighted by Crippen LogP contribution is 2.25. The van der Waals surface area contributed by atoms with Crippen molar-refractivity contribution < 1.29 is 4.79 Å². The molecule has 6 nitrogen and oxygen atoms in total. The molecule has 1 fully saturated rings. The lowest BCUT2D eigenvalue weighted by Gasteiger charge is -2.34. The normalized spacial score (nSPS) is 21.7. The van der Waals surface area contributed by atoms with Gasteiger partial charge in [0.25, 0.3) is 0 Å². The van der Waals surface area contributed by atoms with Gasteiger partial charge in [0.2, 0.25) is 11.7 Å². The molecule has 2 aromatic heterocycles. The Kier molecular flexibility index (Phi) is 3.96. The molecule has 4 rings (SSSR count). The van der Waals surface area contributed by atoms with E-state index in [4.69, 9.17) is 0 Å². The molecule has 7 heteroatoms. The summed E-state index contributed by atoms with van der Waals surface area (Å²) in [5.41, 5.74) is 1.94. The number of hydrogen-bond acceptors (Lipinski definition) is 4. The largest absolute Gasteiger partial charge is 0.341 e. The minimum Gasteiger partial charge on any atom is -0.341 e. The minimum absolute atomic E-state index is 0.193. The van der Waals surface area contributed by atoms with Crippen molar-refractivity contribution in [1.29, 1.82) is 0 Å². The topological polar surface area (TPSA) is 66.3 Å². The summed E-state index contributed by atoms with van der Waals surface area (Å²) in [4.78, 5) is 19.1. The first-order chi connectivity index (χ1) is 11.6. The van der Waals surface area contributed by atoms with Crippen molar-refractivity contribution in [2.45, 2.75) is 25.4 Å². The number of thioether (sulfide) groups is 1. The van der Waals surface area contributed by atoms with Crippen molar-refractivity contribution in [2.24, 2.45) is 11.8 Å². The van der Waals surface area contributed by atoms with E-state index in [0.29, 0.717) is 23.4 Å². The Bertz CT molecular complexity index is 876. The highest BCUT2D eigenvalue weighted by atomic mass is 32.2. The summed E-state index contributed by atoms with van der Waals surface area (Å²) in [5, 5.41) is 8.05. The number of nitrogens with one attached hydrogen (secondary N) is 1. The molecule has 3 heterocycles. The number of hydrogen-bond donors (Lipinski definition) is 1. The molecule has 3 aromatic rings. The van der Waals surface area contributed by atoms with E-state index >= 15 is 0 Å². The first-order valence-corrected chi connectivity index (χ1v) is 9.32. The lowest BCUT2D eigenvalue weighted by atomic mass is 9.92. The Hall–Kier alpha value is -2.02. The van der Waals surface area contributed by atoms with Crippen LogP contribution in [0.25, 0.3) is 16.8 Å². The number of carbonyl (C=O) groups excluding carboxylic acids is 1. The van der Waals surface area contributed by atoms with E-state index in [1.165, 1.54) is 18.2 Å². The van der Waals surface area contributed by atoms with Crippen LogP contribution in [-0.2, 0) is 4.79 Å². The smallest absolute Gasteiger partial charge is 0.233 e. The summed E-state index contributed by atoms with van der Waals surface area (Å²) in [6, 6.07) is 7.95. The molecular weight excluding hydrogens is 322 g/mol. The van der Waals surface area contributed by atoms with E-state index in [-0.39, 0.29) is 5.91 Å². The minimum atomic E-state index is 0.193. The Labute approximate surface area is 144 Å². The maximum Gasteiger partial charge on any atom is 0.233 e. The lowest BCUT2D eigenvalue weighted by Crippen LogP contribution is -2.43. The number of fused-ring (bicyclic) bond motifs is 3. The summed E-state index contributed by atoms with van der Waals surface area (Å²) in [5.74, 6) is 2.48. The van der Waals surface area contributed by atoms with Gasteiger partial charge in [-0.2, -0.15) is 0 Å². The zero-order valence-corrected chi connectivity index (χ0v) is 14.7. The SMILES string of the molecule is C[C@@H]1C[C@H](C)CN(C(=O)CSc2n[nH]c3nc4ccccc4n23)C1. The van der Waals surface area contributed by atoms with Gasteiger partial charge in [0.15, 0.2) is 5.16 Å². The predicted octanol–water partition coefficient (Wildman–Crippen LogP) is 2.81. The van der Waals surface area contributed by atoms with Crippen LogP contribution in [0.5, 0.6) is 0 Å². The molecule has 1 amide bonds. The molecular formula is C17H21N5OS. The molecule has 1 aromatic carbocycles. The molecule has 0 radical (unpaired) electrons. The number of benzene rings is 1. The summed E-state index contributed by atoms with van der Waals surface area (Å²) < 4.78 is 1.98. The van der Waals surface area contributed by atoms with Crippen molar-refractivity contribution in [3.05, 3.63) is 24.3 Å². The third-order valence-corrected chi connectivity index (χ3v) is 5.47. The molecule has 1 aliphatic heterocycles. The monoisotopic (exact) mass is 343 g/mol. The maximum absolute atomic E-state index is 12.6. The van der Waals surface area contributed by atoms with Crippen molar-refractivity contribution in [1.82, 2.24) is 24.5 Å². The number of nitrogens with zero attached hydrogens (tertiary/aromatic N) is 4. The van der Waals surface area contributed by atoms with Gasteiger partial charge in [-0.25, -0.2) is 10.1 Å². The fraction of sp³-hybridized carbons (Fsp3) is 0.471. The summed E-state index contributed by atoms with van der Waals surface area (Å²) in [6.45, 7) is 6.18. The zero-order valence-electron chi connectivity index (χ0n) is 13.9. The second-order valence-electron chi connectivity index (χ2n) is 6.80. The number of rotatable bonds is 3. The summed E-state index contributed by atoms with van der Waals surface area (Å²) >= 11 is 1.47. The third-order valence-electron chi connectivity index (χ3n) is 4.55. The lowest BCUT2D eigenvalue weighted by molar-refractivity contribution is -0.130. The van der Waals surface area contributed by atoms with E-state index in [2.05, 4.69) is 29.0 Å². The molecule has 0 bridgehead atoms. The number of amides is 1. The van der Waals surface area contributed by atoms with Gasteiger partial charge in [0.05, 0.1) is 16.8 Å². The predicted molar refractivity (Wildman–Crippen MR) is 95.1 cm³/mol. The van der Waals surface area contributed by atoms with E-state index < -0.39 is 0 Å². The van der Waals surface area contributed by atoms with Gasteiger partial charge in [-0.1, -0.05) is 37.7 Å². The molecule has 0 saturated carbocycles. The molecule has 126 valence electrons. The van der Waals surface area contributed by atoms with E-state index in [0.717, 1.165) is 29.3 Å². The van der Waals surface area contributed by atoms with Crippen LogP contribution >= 0.6 is 11.8 Å². The quantitative estimate of drug-likeness (QED) is 0.743. The van der Waals surface area contributed by atoms with Gasteiger partial charge >= 0.3 is 0 Å². The Morgan fingerprint density at radius 2 is 2.04 bits per heavy atom. The molecule has 1 N–H and O–H groups in total. The number of imidazole rings is 1. The average Bonchev–Trinajstić information content (AvgIpc) is 3.10. The van der Waals surface area contributed by atoms with Crippen LogP contribution in [0.1, 0.15) is 20.3 Å². The Morgan fingerprint density at radius 1 is 1.29 bits per heavy atom. The van der Waals surface area contributed by atoms with Crippen LogP contribution in [-0.4, -0.2) is 49.2 Å². The van der Waals surface area contributed by atoms with E-state index in [1.54, 1.807) is 0 Å². The summed E-state index contributed by atoms with van der Waals surface area (Å²) in [6.07, 6.45) is 1.21. The highest BCUT2D eigenvalue weighted by Gasteiger charge is 2.25. The Balaban J connectivity index is 1.51. The molecule has 0 aliphatic carbocycles. The fourth-order valence-corrected chi connectivity index (χ4v) is 4.48. The van der Waals surface area contributed by atoms with Crippen LogP contribution in [0, 0.1) is 11.8 Å². The van der Waals surface area contributed by atoms with Gasteiger partial charge in [-0.15, -0.1) is 5.10 Å². The highest BCUT2D eigenvalue weighted by molar-refractivity contribution is 7.99.